The minimum absolute atomic E-state index is 0.0471. The smallest absolute Gasteiger partial charge is 0.264 e. The lowest BCUT2D eigenvalue weighted by molar-refractivity contribution is -0.145. The average Bonchev–Trinajstić information content (AvgIpc) is 3.88. The molecule has 0 radical (unpaired) electrons. The van der Waals surface area contributed by atoms with Crippen molar-refractivity contribution in [3.8, 4) is 0 Å². The first-order chi connectivity index (χ1) is 25.5. The summed E-state index contributed by atoms with van der Waals surface area (Å²) in [6.45, 7) is 7.51. The van der Waals surface area contributed by atoms with E-state index in [4.69, 9.17) is 4.74 Å². The fraction of sp³-hybridized carbons (Fsp3) is 0.450. The first-order valence-corrected chi connectivity index (χ1v) is 21.7. The van der Waals surface area contributed by atoms with Crippen LogP contribution in [-0.4, -0.2) is 85.4 Å². The highest BCUT2D eigenvalue weighted by molar-refractivity contribution is 6.72. The number of aromatic nitrogens is 3. The maximum absolute atomic E-state index is 16.5. The summed E-state index contributed by atoms with van der Waals surface area (Å²) in [6, 6.07) is 25.5. The molecule has 4 aromatic rings. The standard InChI is InChI=1S/C40H48FN7O4Si/c1-27-36(53(3,4)41)35(17-22-46-24-33(43-44-46)31(25-49)28-11-7-5-8-12-28)52-40(27)32-23-30(15-16-34(32)45(2)38(40)51)47-26-48(29-13-9-6-10-14-29)39(37(47)50)18-20-42-21-19-39/h5-16,23-24,27,31,35-36,42,49H,17-22,25-26H2,1-4H3/t27-,31?,35+,36-,40+/m0/s1. The van der Waals surface area contributed by atoms with Gasteiger partial charge in [0, 0.05) is 48.2 Å². The molecule has 1 aromatic heterocycles. The van der Waals surface area contributed by atoms with E-state index in [1.54, 1.807) is 29.7 Å². The number of likely N-dealkylation sites (N-methyl/N-ethyl adjacent to an activating group) is 1. The molecule has 53 heavy (non-hydrogen) atoms. The Morgan fingerprint density at radius 2 is 1.70 bits per heavy atom. The number of hydrogen-bond acceptors (Lipinski definition) is 8. The van der Waals surface area contributed by atoms with E-state index in [1.165, 1.54) is 0 Å². The number of benzene rings is 3. The van der Waals surface area contributed by atoms with E-state index in [9.17, 15) is 14.7 Å². The molecule has 4 aliphatic rings. The lowest BCUT2D eigenvalue weighted by Crippen LogP contribution is -2.55. The van der Waals surface area contributed by atoms with Gasteiger partial charge in [-0.25, -0.2) is 0 Å². The fourth-order valence-electron chi connectivity index (χ4n) is 9.64. The Hall–Kier alpha value is -4.43. The van der Waals surface area contributed by atoms with Crippen molar-refractivity contribution in [2.24, 2.45) is 5.92 Å². The van der Waals surface area contributed by atoms with Gasteiger partial charge in [-0.15, -0.1) is 5.10 Å². The second kappa shape index (κ2) is 13.5. The van der Waals surface area contributed by atoms with Crippen molar-refractivity contribution in [1.29, 1.82) is 0 Å². The van der Waals surface area contributed by atoms with Crippen LogP contribution >= 0.6 is 0 Å². The number of nitrogens with zero attached hydrogens (tertiary/aromatic N) is 6. The summed E-state index contributed by atoms with van der Waals surface area (Å²) in [7, 11) is -1.65. The summed E-state index contributed by atoms with van der Waals surface area (Å²) in [5, 5.41) is 22.3. The largest absolute Gasteiger partial charge is 0.395 e. The van der Waals surface area contributed by atoms with E-state index in [0.717, 1.165) is 24.3 Å². The number of carbonyl (C=O) groups is 2. The lowest BCUT2D eigenvalue weighted by atomic mass is 9.82. The van der Waals surface area contributed by atoms with Crippen LogP contribution in [0.1, 0.15) is 48.9 Å². The van der Waals surface area contributed by atoms with Crippen molar-refractivity contribution in [2.45, 2.75) is 74.5 Å². The zero-order valence-corrected chi connectivity index (χ0v) is 31.8. The molecule has 5 heterocycles. The van der Waals surface area contributed by atoms with Gasteiger partial charge in [-0.3, -0.25) is 19.2 Å². The minimum Gasteiger partial charge on any atom is -0.395 e. The average molecular weight is 738 g/mol. The van der Waals surface area contributed by atoms with E-state index in [1.807, 2.05) is 84.8 Å². The number of aryl methyl sites for hydroxylation is 1. The Bertz CT molecular complexity index is 1990. The zero-order chi connectivity index (χ0) is 37.1. The number of nitrogens with one attached hydrogen (secondary N) is 1. The molecule has 278 valence electrons. The highest BCUT2D eigenvalue weighted by Crippen LogP contribution is 2.60. The monoisotopic (exact) mass is 737 g/mol. The van der Waals surface area contributed by atoms with Crippen molar-refractivity contribution < 1.29 is 23.5 Å². The van der Waals surface area contributed by atoms with Gasteiger partial charge < -0.3 is 29.1 Å². The van der Waals surface area contributed by atoms with Gasteiger partial charge in [0.2, 0.25) is 8.41 Å². The fourth-order valence-corrected chi connectivity index (χ4v) is 12.2. The van der Waals surface area contributed by atoms with Crippen molar-refractivity contribution in [3.05, 3.63) is 102 Å². The van der Waals surface area contributed by atoms with Crippen LogP contribution in [0.2, 0.25) is 18.6 Å². The van der Waals surface area contributed by atoms with Gasteiger partial charge in [0.1, 0.15) is 5.54 Å². The summed E-state index contributed by atoms with van der Waals surface area (Å²) in [4.78, 5) is 34.7. The number of rotatable bonds is 9. The van der Waals surface area contributed by atoms with E-state index in [2.05, 4.69) is 32.7 Å². The van der Waals surface area contributed by atoms with E-state index in [-0.39, 0.29) is 24.3 Å². The predicted molar refractivity (Wildman–Crippen MR) is 204 cm³/mol. The number of anilines is 3. The second-order valence-electron chi connectivity index (χ2n) is 15.6. The lowest BCUT2D eigenvalue weighted by Gasteiger charge is -2.39. The maximum atomic E-state index is 16.5. The Morgan fingerprint density at radius 1 is 1.00 bits per heavy atom. The van der Waals surface area contributed by atoms with Crippen molar-refractivity contribution >= 4 is 37.3 Å². The number of piperidine rings is 1. The highest BCUT2D eigenvalue weighted by Gasteiger charge is 2.66. The molecule has 2 N–H and O–H groups in total. The molecule has 0 aliphatic carbocycles. The predicted octanol–water partition coefficient (Wildman–Crippen LogP) is 5.18. The van der Waals surface area contributed by atoms with Crippen molar-refractivity contribution in [3.63, 3.8) is 0 Å². The Labute approximate surface area is 310 Å². The molecule has 3 aromatic carbocycles. The van der Waals surface area contributed by atoms with Gasteiger partial charge in [-0.1, -0.05) is 60.7 Å². The second-order valence-corrected chi connectivity index (χ2v) is 19.4. The molecule has 8 rings (SSSR count). The Kier molecular flexibility index (Phi) is 9.03. The molecule has 2 spiro atoms. The van der Waals surface area contributed by atoms with E-state index in [0.29, 0.717) is 55.1 Å². The van der Waals surface area contributed by atoms with Crippen molar-refractivity contribution in [1.82, 2.24) is 20.3 Å². The third-order valence-corrected chi connectivity index (χ3v) is 14.7. The molecule has 13 heteroatoms. The van der Waals surface area contributed by atoms with Gasteiger partial charge in [-0.2, -0.15) is 0 Å². The molecule has 11 nitrogen and oxygen atoms in total. The molecule has 1 unspecified atom stereocenters. The quantitative estimate of drug-likeness (QED) is 0.179. The molecule has 2 amide bonds. The summed E-state index contributed by atoms with van der Waals surface area (Å²) in [6.07, 6.45) is 3.07. The number of fused-ring (bicyclic) bond motifs is 2. The zero-order valence-electron chi connectivity index (χ0n) is 30.8. The molecule has 3 saturated heterocycles. The number of para-hydroxylation sites is 1. The Morgan fingerprint density at radius 3 is 2.38 bits per heavy atom. The van der Waals surface area contributed by atoms with Gasteiger partial charge in [-0.05, 0) is 81.3 Å². The Balaban J connectivity index is 1.11. The molecule has 5 atom stereocenters. The number of carbonyl (C=O) groups excluding carboxylic acids is 2. The number of aliphatic hydroxyl groups excluding tert-OH is 1. The van der Waals surface area contributed by atoms with Crippen LogP contribution in [0.3, 0.4) is 0 Å². The van der Waals surface area contributed by atoms with Gasteiger partial charge in [0.25, 0.3) is 11.8 Å². The van der Waals surface area contributed by atoms with Gasteiger partial charge in [0.15, 0.2) is 5.60 Å². The molecule has 0 bridgehead atoms. The molecule has 0 saturated carbocycles. The summed E-state index contributed by atoms with van der Waals surface area (Å²) in [5.41, 5.74) is 2.13. The number of ether oxygens (including phenoxy) is 1. The topological polar surface area (TPSA) is 116 Å². The molecule has 3 fully saturated rings. The van der Waals surface area contributed by atoms with E-state index >= 15 is 4.11 Å². The third kappa shape index (κ3) is 5.71. The summed E-state index contributed by atoms with van der Waals surface area (Å²) >= 11 is 0. The first-order valence-electron chi connectivity index (χ1n) is 18.7. The normalized spacial score (nSPS) is 25.9. The van der Waals surface area contributed by atoms with Crippen molar-refractivity contribution in [2.75, 3.05) is 48.1 Å². The van der Waals surface area contributed by atoms with E-state index < -0.39 is 37.1 Å². The highest BCUT2D eigenvalue weighted by atomic mass is 28.4. The number of amides is 2. The first kappa shape index (κ1) is 35.6. The third-order valence-electron chi connectivity index (χ3n) is 12.3. The van der Waals surface area contributed by atoms with Gasteiger partial charge in [0.05, 0.1) is 36.7 Å². The minimum atomic E-state index is -3.39. The number of hydrogen-bond donors (Lipinski definition) is 2. The summed E-state index contributed by atoms with van der Waals surface area (Å²) in [5.74, 6) is -0.941. The SMILES string of the molecule is C[C@H]1[C@H]([Si](C)(C)F)[C@@H](CCn2cc(C(CO)c3ccccc3)nn2)O[C@]12C(=O)N(C)c1ccc(N3CN(c4ccccc4)C4(CCNCC4)C3=O)cc12. The van der Waals surface area contributed by atoms with Crippen LogP contribution in [-0.2, 0) is 26.5 Å². The van der Waals surface area contributed by atoms with Crippen LogP contribution in [0, 0.1) is 5.92 Å². The molecular weight excluding hydrogens is 690 g/mol. The van der Waals surface area contributed by atoms with Crippen LogP contribution in [0.15, 0.2) is 85.1 Å². The van der Waals surface area contributed by atoms with Crippen LogP contribution in [0.4, 0.5) is 21.2 Å². The molecule has 4 aliphatic heterocycles. The summed E-state index contributed by atoms with van der Waals surface area (Å²) < 4.78 is 25.2. The maximum Gasteiger partial charge on any atom is 0.264 e. The van der Waals surface area contributed by atoms with Crippen LogP contribution in [0.5, 0.6) is 0 Å². The number of aliphatic hydroxyl groups is 1. The number of halogens is 1. The van der Waals surface area contributed by atoms with Crippen LogP contribution in [0.25, 0.3) is 0 Å². The van der Waals surface area contributed by atoms with Crippen LogP contribution < -0.4 is 20.0 Å². The molecular formula is C40H48FN7O4Si. The van der Waals surface area contributed by atoms with Gasteiger partial charge >= 0.3 is 0 Å².